The van der Waals surface area contributed by atoms with Crippen LogP contribution in [-0.4, -0.2) is 34.2 Å². The average Bonchev–Trinajstić information content (AvgIpc) is 2.67. The van der Waals surface area contributed by atoms with E-state index in [-0.39, 0.29) is 11.3 Å². The molecule has 1 aliphatic heterocycles. The molecule has 5 nitrogen and oxygen atoms in total. The average molecular weight is 330 g/mol. The van der Waals surface area contributed by atoms with Crippen LogP contribution in [-0.2, 0) is 4.79 Å². The van der Waals surface area contributed by atoms with E-state index in [0.717, 1.165) is 11.3 Å². The van der Waals surface area contributed by atoms with Crippen molar-refractivity contribution in [2.45, 2.75) is 59.5 Å². The molecule has 130 valence electrons. The number of hydrogen-bond donors (Lipinski definition) is 1. The van der Waals surface area contributed by atoms with Gasteiger partial charge in [-0.25, -0.2) is 0 Å². The lowest BCUT2D eigenvalue weighted by Crippen LogP contribution is -2.54. The van der Waals surface area contributed by atoms with E-state index >= 15 is 0 Å². The highest BCUT2D eigenvalue weighted by Crippen LogP contribution is 2.28. The van der Waals surface area contributed by atoms with Crippen LogP contribution in [0, 0.1) is 5.41 Å². The maximum absolute atomic E-state index is 12.6. The predicted octanol–water partition coefficient (Wildman–Crippen LogP) is 3.00. The molecule has 0 saturated heterocycles. The smallest absolute Gasteiger partial charge is 0.262 e. The Hall–Kier alpha value is -2.17. The molecule has 0 saturated carbocycles. The van der Waals surface area contributed by atoms with Gasteiger partial charge in [0.2, 0.25) is 5.91 Å². The molecule has 0 bridgehead atoms. The number of benzene rings is 1. The van der Waals surface area contributed by atoms with Crippen LogP contribution in [0.15, 0.2) is 24.3 Å². The Bertz CT molecular complexity index is 651. The van der Waals surface area contributed by atoms with E-state index in [9.17, 15) is 14.4 Å². The molecular weight excluding hydrogens is 304 g/mol. The number of hydrogen-bond acceptors (Lipinski definition) is 3. The Morgan fingerprint density at radius 1 is 1.04 bits per heavy atom. The summed E-state index contributed by atoms with van der Waals surface area (Å²) in [6.45, 7) is 11.8. The third-order valence-electron chi connectivity index (χ3n) is 4.03. The Labute approximate surface area is 143 Å². The zero-order valence-corrected chi connectivity index (χ0v) is 15.3. The van der Waals surface area contributed by atoms with Crippen molar-refractivity contribution in [2.24, 2.45) is 5.41 Å². The Balaban J connectivity index is 2.15. The summed E-state index contributed by atoms with van der Waals surface area (Å²) in [6, 6.07) is 5.81. The largest absolute Gasteiger partial charge is 0.349 e. The molecule has 24 heavy (non-hydrogen) atoms. The molecule has 1 unspecified atom stereocenters. The number of rotatable bonds is 4. The van der Waals surface area contributed by atoms with Crippen molar-refractivity contribution in [2.75, 3.05) is 0 Å². The van der Waals surface area contributed by atoms with Gasteiger partial charge in [-0.05, 0) is 44.7 Å². The van der Waals surface area contributed by atoms with Crippen LogP contribution < -0.4 is 5.32 Å². The van der Waals surface area contributed by atoms with Crippen LogP contribution in [0.1, 0.15) is 68.7 Å². The van der Waals surface area contributed by atoms with Crippen LogP contribution in [0.3, 0.4) is 0 Å². The molecule has 1 aromatic rings. The standard InChI is InChI=1S/C19H26N2O3/c1-12(15(22)20-19(5,6)11-18(2,3)4)21-16(23)13-9-7-8-10-14(13)17(21)24/h7-10,12H,11H2,1-6H3,(H,20,22). The fraction of sp³-hybridized carbons (Fsp3) is 0.526. The van der Waals surface area contributed by atoms with E-state index in [1.165, 1.54) is 0 Å². The second-order valence-electron chi connectivity index (χ2n) is 8.31. The van der Waals surface area contributed by atoms with Gasteiger partial charge in [0.05, 0.1) is 11.1 Å². The van der Waals surface area contributed by atoms with Crippen LogP contribution in [0.25, 0.3) is 0 Å². The van der Waals surface area contributed by atoms with Crippen LogP contribution >= 0.6 is 0 Å². The van der Waals surface area contributed by atoms with Gasteiger partial charge in [-0.15, -0.1) is 0 Å². The number of nitrogens with zero attached hydrogens (tertiary/aromatic N) is 1. The summed E-state index contributed by atoms with van der Waals surface area (Å²) in [5, 5.41) is 2.97. The lowest BCUT2D eigenvalue weighted by atomic mass is 9.81. The quantitative estimate of drug-likeness (QED) is 0.863. The van der Waals surface area contributed by atoms with Gasteiger partial charge in [-0.3, -0.25) is 19.3 Å². The minimum absolute atomic E-state index is 0.0511. The number of carbonyl (C=O) groups is 3. The molecule has 0 aromatic heterocycles. The van der Waals surface area contributed by atoms with Gasteiger partial charge in [0, 0.05) is 5.54 Å². The van der Waals surface area contributed by atoms with E-state index < -0.39 is 23.4 Å². The Morgan fingerprint density at radius 3 is 1.92 bits per heavy atom. The molecule has 0 aliphatic carbocycles. The molecule has 0 fully saturated rings. The van der Waals surface area contributed by atoms with Crippen molar-refractivity contribution < 1.29 is 14.4 Å². The van der Waals surface area contributed by atoms with E-state index in [0.29, 0.717) is 11.1 Å². The molecule has 3 amide bonds. The van der Waals surface area contributed by atoms with Gasteiger partial charge in [-0.2, -0.15) is 0 Å². The van der Waals surface area contributed by atoms with E-state index in [2.05, 4.69) is 26.1 Å². The van der Waals surface area contributed by atoms with Gasteiger partial charge in [0.1, 0.15) is 6.04 Å². The number of carbonyl (C=O) groups excluding carboxylic acids is 3. The summed E-state index contributed by atoms with van der Waals surface area (Å²) in [5.41, 5.74) is 0.338. The van der Waals surface area contributed by atoms with E-state index in [1.54, 1.807) is 31.2 Å². The van der Waals surface area contributed by atoms with Crippen molar-refractivity contribution in [3.05, 3.63) is 35.4 Å². The normalized spacial score (nSPS) is 16.2. The second-order valence-corrected chi connectivity index (χ2v) is 8.31. The highest BCUT2D eigenvalue weighted by atomic mass is 16.2. The molecule has 1 heterocycles. The topological polar surface area (TPSA) is 66.5 Å². The van der Waals surface area contributed by atoms with E-state index in [4.69, 9.17) is 0 Å². The molecule has 0 radical (unpaired) electrons. The highest BCUT2D eigenvalue weighted by molar-refractivity contribution is 6.22. The van der Waals surface area contributed by atoms with Gasteiger partial charge >= 0.3 is 0 Å². The fourth-order valence-corrected chi connectivity index (χ4v) is 3.48. The van der Waals surface area contributed by atoms with Gasteiger partial charge in [0.15, 0.2) is 0 Å². The zero-order valence-electron chi connectivity index (χ0n) is 15.3. The third-order valence-corrected chi connectivity index (χ3v) is 4.03. The van der Waals surface area contributed by atoms with Crippen molar-refractivity contribution in [3.63, 3.8) is 0 Å². The maximum Gasteiger partial charge on any atom is 0.262 e. The monoisotopic (exact) mass is 330 g/mol. The van der Waals surface area contributed by atoms with Gasteiger partial charge in [0.25, 0.3) is 11.8 Å². The summed E-state index contributed by atoms with van der Waals surface area (Å²) in [4.78, 5) is 38.6. The molecule has 0 spiro atoms. The number of amides is 3. The first kappa shape index (κ1) is 18.2. The minimum Gasteiger partial charge on any atom is -0.349 e. The van der Waals surface area contributed by atoms with Crippen LogP contribution in [0.5, 0.6) is 0 Å². The lowest BCUT2D eigenvalue weighted by molar-refractivity contribution is -0.126. The zero-order chi connectivity index (χ0) is 18.3. The summed E-state index contributed by atoms with van der Waals surface area (Å²) >= 11 is 0. The summed E-state index contributed by atoms with van der Waals surface area (Å²) in [6.07, 6.45) is 0.778. The van der Waals surface area contributed by atoms with E-state index in [1.807, 2.05) is 13.8 Å². The first-order chi connectivity index (χ1) is 10.9. The van der Waals surface area contributed by atoms with Crippen molar-refractivity contribution in [1.82, 2.24) is 10.2 Å². The highest BCUT2D eigenvalue weighted by Gasteiger charge is 2.41. The third kappa shape index (κ3) is 3.66. The van der Waals surface area contributed by atoms with Crippen LogP contribution in [0.4, 0.5) is 0 Å². The Kier molecular flexibility index (Phi) is 4.57. The van der Waals surface area contributed by atoms with Crippen molar-refractivity contribution >= 4 is 17.7 Å². The van der Waals surface area contributed by atoms with Crippen molar-refractivity contribution in [3.8, 4) is 0 Å². The second kappa shape index (κ2) is 6.04. The summed E-state index contributed by atoms with van der Waals surface area (Å²) in [7, 11) is 0. The fourth-order valence-electron chi connectivity index (χ4n) is 3.48. The molecule has 1 aromatic carbocycles. The molecule has 1 atom stereocenters. The lowest BCUT2D eigenvalue weighted by Gasteiger charge is -2.35. The predicted molar refractivity (Wildman–Crippen MR) is 92.7 cm³/mol. The minimum atomic E-state index is -0.850. The molecule has 1 aliphatic rings. The first-order valence-corrected chi connectivity index (χ1v) is 8.22. The molecular formula is C19H26N2O3. The molecule has 2 rings (SSSR count). The number of fused-ring (bicyclic) bond motifs is 1. The molecule has 1 N–H and O–H groups in total. The summed E-state index contributed by atoms with van der Waals surface area (Å²) in [5.74, 6) is -1.14. The van der Waals surface area contributed by atoms with Gasteiger partial charge in [-0.1, -0.05) is 32.9 Å². The van der Waals surface area contributed by atoms with Gasteiger partial charge < -0.3 is 5.32 Å². The maximum atomic E-state index is 12.6. The van der Waals surface area contributed by atoms with Crippen LogP contribution in [0.2, 0.25) is 0 Å². The summed E-state index contributed by atoms with van der Waals surface area (Å²) < 4.78 is 0. The number of imide groups is 1. The van der Waals surface area contributed by atoms with Crippen molar-refractivity contribution in [1.29, 1.82) is 0 Å². The first-order valence-electron chi connectivity index (χ1n) is 8.22. The SMILES string of the molecule is CC(C(=O)NC(C)(C)CC(C)(C)C)N1C(=O)c2ccccc2C1=O. The Morgan fingerprint density at radius 2 is 1.50 bits per heavy atom. The number of nitrogens with one attached hydrogen (secondary N) is 1. The molecule has 5 heteroatoms.